The molecule has 0 saturated heterocycles. The van der Waals surface area contributed by atoms with Crippen LogP contribution in [-0.4, -0.2) is 10.8 Å². The summed E-state index contributed by atoms with van der Waals surface area (Å²) in [6.45, 7) is 0. The van der Waals surface area contributed by atoms with Gasteiger partial charge in [0.25, 0.3) is 0 Å². The summed E-state index contributed by atoms with van der Waals surface area (Å²) in [5.41, 5.74) is 3.00. The molecule has 2 heterocycles. The van der Waals surface area contributed by atoms with E-state index in [1.165, 1.54) is 5.56 Å². The van der Waals surface area contributed by atoms with E-state index in [-0.39, 0.29) is 11.7 Å². The minimum atomic E-state index is 0.136. The van der Waals surface area contributed by atoms with Gasteiger partial charge in [0.15, 0.2) is 5.78 Å². The summed E-state index contributed by atoms with van der Waals surface area (Å²) in [6, 6.07) is 14.3. The van der Waals surface area contributed by atoms with Crippen molar-refractivity contribution in [3.05, 3.63) is 65.2 Å². The molecule has 0 N–H and O–H groups in total. The zero-order valence-electron chi connectivity index (χ0n) is 10.8. The third-order valence-corrected chi connectivity index (χ3v) is 4.80. The summed E-state index contributed by atoms with van der Waals surface area (Å²) in [4.78, 5) is 16.9. The molecule has 1 aliphatic rings. The Morgan fingerprint density at radius 3 is 2.90 bits per heavy atom. The highest BCUT2D eigenvalue weighted by molar-refractivity contribution is 7.17. The molecule has 4 rings (SSSR count). The Kier molecular flexibility index (Phi) is 2.67. The van der Waals surface area contributed by atoms with E-state index >= 15 is 0 Å². The van der Waals surface area contributed by atoms with Gasteiger partial charge in [0, 0.05) is 17.7 Å². The van der Waals surface area contributed by atoms with E-state index in [0.29, 0.717) is 5.92 Å². The molecule has 0 amide bonds. The summed E-state index contributed by atoms with van der Waals surface area (Å²) in [5.74, 6) is 0.765. The maximum absolute atomic E-state index is 12.5. The number of carbonyl (C=O) groups is 1. The fraction of sp³-hybridized carbons (Fsp3) is 0.176. The summed E-state index contributed by atoms with van der Waals surface area (Å²) in [5, 5.41) is 2.01. The number of nitrogens with zero attached hydrogens (tertiary/aromatic N) is 1. The van der Waals surface area contributed by atoms with Crippen LogP contribution < -0.4 is 0 Å². The number of benzene rings is 1. The van der Waals surface area contributed by atoms with Crippen LogP contribution in [0.4, 0.5) is 0 Å². The molecule has 0 radical (unpaired) electrons. The molecule has 98 valence electrons. The molecule has 2 nitrogen and oxygen atoms in total. The average molecular weight is 279 g/mol. The van der Waals surface area contributed by atoms with Crippen LogP contribution in [0.2, 0.25) is 0 Å². The Bertz CT molecular complexity index is 778. The number of hydrogen-bond donors (Lipinski definition) is 0. The number of aromatic nitrogens is 1. The number of fused-ring (bicyclic) bond motifs is 1. The van der Waals surface area contributed by atoms with Crippen LogP contribution in [0.25, 0.3) is 10.2 Å². The van der Waals surface area contributed by atoms with E-state index in [1.807, 2.05) is 35.7 Å². The van der Waals surface area contributed by atoms with Crippen molar-refractivity contribution in [3.63, 3.8) is 0 Å². The summed E-state index contributed by atoms with van der Waals surface area (Å²) < 4.78 is 1.09. The van der Waals surface area contributed by atoms with Gasteiger partial charge < -0.3 is 0 Å². The van der Waals surface area contributed by atoms with E-state index in [4.69, 9.17) is 0 Å². The lowest BCUT2D eigenvalue weighted by molar-refractivity contribution is 0.0965. The fourth-order valence-electron chi connectivity index (χ4n) is 2.75. The summed E-state index contributed by atoms with van der Waals surface area (Å²) >= 11 is 1.63. The van der Waals surface area contributed by atoms with Gasteiger partial charge in [0.2, 0.25) is 0 Å². The normalized spacial score (nSPS) is 21.0. The lowest BCUT2D eigenvalue weighted by Crippen LogP contribution is -2.03. The van der Waals surface area contributed by atoms with Gasteiger partial charge in [-0.05, 0) is 35.4 Å². The van der Waals surface area contributed by atoms with E-state index in [2.05, 4.69) is 17.1 Å². The smallest absolute Gasteiger partial charge is 0.168 e. The minimum Gasteiger partial charge on any atom is -0.294 e. The Hall–Kier alpha value is -2.00. The molecule has 1 aliphatic carbocycles. The largest absolute Gasteiger partial charge is 0.294 e. The molecule has 0 spiro atoms. The molecule has 2 unspecified atom stereocenters. The molecule has 1 fully saturated rings. The second-order valence-electron chi connectivity index (χ2n) is 5.25. The lowest BCUT2D eigenvalue weighted by Gasteiger charge is -2.01. The molecule has 0 aliphatic heterocycles. The van der Waals surface area contributed by atoms with Crippen LogP contribution in [0.1, 0.15) is 28.3 Å². The number of ketones is 1. The molecule has 1 saturated carbocycles. The van der Waals surface area contributed by atoms with Gasteiger partial charge in [-0.2, -0.15) is 0 Å². The van der Waals surface area contributed by atoms with Crippen molar-refractivity contribution in [2.24, 2.45) is 5.92 Å². The molecule has 20 heavy (non-hydrogen) atoms. The lowest BCUT2D eigenvalue weighted by atomic mass is 10.0. The van der Waals surface area contributed by atoms with Gasteiger partial charge in [-0.3, -0.25) is 9.78 Å². The van der Waals surface area contributed by atoms with Crippen molar-refractivity contribution in [2.75, 3.05) is 0 Å². The zero-order valence-corrected chi connectivity index (χ0v) is 11.6. The number of Topliss-reactive ketones (excluding diaryl/α,β-unsaturated/α-hetero) is 1. The van der Waals surface area contributed by atoms with Gasteiger partial charge in [0.1, 0.15) is 0 Å². The van der Waals surface area contributed by atoms with Crippen LogP contribution in [-0.2, 0) is 0 Å². The van der Waals surface area contributed by atoms with Crippen LogP contribution in [0.5, 0.6) is 0 Å². The standard InChI is InChI=1S/C17H13NOS/c19-17(12-8-16-15(18-10-12)6-7-20-16)14-9-13(14)11-4-2-1-3-5-11/h1-8,10,13-14H,9H2. The summed E-state index contributed by atoms with van der Waals surface area (Å²) in [7, 11) is 0. The average Bonchev–Trinajstić information content (AvgIpc) is 3.17. The number of hydrogen-bond acceptors (Lipinski definition) is 3. The maximum atomic E-state index is 12.5. The number of rotatable bonds is 3. The number of thiophene rings is 1. The maximum Gasteiger partial charge on any atom is 0.168 e. The van der Waals surface area contributed by atoms with E-state index in [1.54, 1.807) is 17.5 Å². The quantitative estimate of drug-likeness (QED) is 0.670. The molecule has 3 aromatic rings. The van der Waals surface area contributed by atoms with Crippen molar-refractivity contribution in [3.8, 4) is 0 Å². The monoisotopic (exact) mass is 279 g/mol. The molecule has 2 atom stereocenters. The van der Waals surface area contributed by atoms with Crippen molar-refractivity contribution in [2.45, 2.75) is 12.3 Å². The SMILES string of the molecule is O=C(c1cnc2ccsc2c1)C1CC1c1ccccc1. The Balaban J connectivity index is 1.59. The predicted molar refractivity (Wildman–Crippen MR) is 81.2 cm³/mol. The number of carbonyl (C=O) groups excluding carboxylic acids is 1. The highest BCUT2D eigenvalue weighted by Crippen LogP contribution is 2.49. The predicted octanol–water partition coefficient (Wildman–Crippen LogP) is 4.28. The highest BCUT2D eigenvalue weighted by atomic mass is 32.1. The zero-order chi connectivity index (χ0) is 13.5. The van der Waals surface area contributed by atoms with Gasteiger partial charge in [-0.25, -0.2) is 0 Å². The first-order chi connectivity index (χ1) is 9.83. The Labute approximate surface area is 121 Å². The van der Waals surface area contributed by atoms with Crippen LogP contribution in [0.15, 0.2) is 54.0 Å². The van der Waals surface area contributed by atoms with Gasteiger partial charge in [-0.15, -0.1) is 11.3 Å². The highest BCUT2D eigenvalue weighted by Gasteiger charge is 2.44. The first-order valence-corrected chi connectivity index (χ1v) is 7.63. The van der Waals surface area contributed by atoms with Crippen molar-refractivity contribution >= 4 is 27.3 Å². The van der Waals surface area contributed by atoms with Crippen molar-refractivity contribution in [1.29, 1.82) is 0 Å². The molecule has 1 aromatic carbocycles. The first kappa shape index (κ1) is 11.8. The van der Waals surface area contributed by atoms with E-state index in [9.17, 15) is 4.79 Å². The van der Waals surface area contributed by atoms with Crippen molar-refractivity contribution in [1.82, 2.24) is 4.98 Å². The van der Waals surface area contributed by atoms with Crippen LogP contribution in [0, 0.1) is 5.92 Å². The molecule has 3 heteroatoms. The van der Waals surface area contributed by atoms with E-state index < -0.39 is 0 Å². The van der Waals surface area contributed by atoms with Gasteiger partial charge in [0.05, 0.1) is 10.2 Å². The van der Waals surface area contributed by atoms with E-state index in [0.717, 1.165) is 22.2 Å². The fourth-order valence-corrected chi connectivity index (χ4v) is 3.53. The van der Waals surface area contributed by atoms with Crippen molar-refractivity contribution < 1.29 is 4.79 Å². The summed E-state index contributed by atoms with van der Waals surface area (Å²) in [6.07, 6.45) is 2.68. The topological polar surface area (TPSA) is 30.0 Å². The molecule has 2 aromatic heterocycles. The Morgan fingerprint density at radius 2 is 2.05 bits per heavy atom. The minimum absolute atomic E-state index is 0.136. The molecular formula is C17H13NOS. The van der Waals surface area contributed by atoms with Gasteiger partial charge >= 0.3 is 0 Å². The first-order valence-electron chi connectivity index (χ1n) is 6.75. The second-order valence-corrected chi connectivity index (χ2v) is 6.20. The third kappa shape index (κ3) is 1.95. The van der Waals surface area contributed by atoms with Crippen LogP contribution in [0.3, 0.4) is 0 Å². The molecular weight excluding hydrogens is 266 g/mol. The molecule has 0 bridgehead atoms. The number of pyridine rings is 1. The second kappa shape index (κ2) is 4.53. The third-order valence-electron chi connectivity index (χ3n) is 3.94. The Morgan fingerprint density at radius 1 is 1.20 bits per heavy atom. The van der Waals surface area contributed by atoms with Gasteiger partial charge in [-0.1, -0.05) is 30.3 Å². The van der Waals surface area contributed by atoms with Crippen LogP contribution >= 0.6 is 11.3 Å².